The molecule has 1 rings (SSSR count). The Kier molecular flexibility index (Phi) is 2.44. The summed E-state index contributed by atoms with van der Waals surface area (Å²) in [5.41, 5.74) is 2.33. The Hall–Kier alpha value is -0.370. The molecule has 1 heterocycles. The van der Waals surface area contributed by atoms with Gasteiger partial charge in [0.1, 0.15) is 0 Å². The van der Waals surface area contributed by atoms with Crippen LogP contribution >= 0.6 is 15.9 Å². The first-order valence-electron chi connectivity index (χ1n) is 3.35. The van der Waals surface area contributed by atoms with E-state index in [1.54, 1.807) is 0 Å². The Morgan fingerprint density at radius 3 is 2.80 bits per heavy atom. The van der Waals surface area contributed by atoms with Crippen LogP contribution in [0.3, 0.4) is 0 Å². The van der Waals surface area contributed by atoms with Gasteiger partial charge in [0.15, 0.2) is 0 Å². The lowest BCUT2D eigenvalue weighted by molar-refractivity contribution is 1.01. The van der Waals surface area contributed by atoms with Crippen LogP contribution in [0.1, 0.15) is 18.2 Å². The fraction of sp³-hybridized carbons (Fsp3) is 0.375. The number of hydrogen-bond donors (Lipinski definition) is 0. The summed E-state index contributed by atoms with van der Waals surface area (Å²) < 4.78 is 1.12. The minimum atomic E-state index is 0.987. The number of nitrogens with zero attached hydrogens (tertiary/aromatic N) is 1. The minimum Gasteiger partial charge on any atom is -0.260 e. The normalized spacial score (nSPS) is 9.90. The summed E-state index contributed by atoms with van der Waals surface area (Å²) in [4.78, 5) is 4.25. The molecule has 10 heavy (non-hydrogen) atoms. The van der Waals surface area contributed by atoms with Gasteiger partial charge in [0, 0.05) is 10.7 Å². The lowest BCUT2D eigenvalue weighted by atomic mass is 10.2. The van der Waals surface area contributed by atoms with Crippen LogP contribution in [0, 0.1) is 6.92 Å². The van der Waals surface area contributed by atoms with Crippen LogP contribution in [0.2, 0.25) is 0 Å². The first-order chi connectivity index (χ1) is 4.74. The zero-order valence-electron chi connectivity index (χ0n) is 6.19. The van der Waals surface area contributed by atoms with Crippen LogP contribution in [-0.2, 0) is 6.42 Å². The number of aromatic nitrogens is 1. The largest absolute Gasteiger partial charge is 0.260 e. The maximum Gasteiger partial charge on any atom is 0.0542 e. The summed E-state index contributed by atoms with van der Waals surface area (Å²) in [6, 6.07) is 2.09. The Labute approximate surface area is 69.6 Å². The zero-order valence-corrected chi connectivity index (χ0v) is 7.77. The molecule has 0 saturated heterocycles. The lowest BCUT2D eigenvalue weighted by Crippen LogP contribution is -1.88. The van der Waals surface area contributed by atoms with Crippen molar-refractivity contribution in [1.29, 1.82) is 0 Å². The van der Waals surface area contributed by atoms with Gasteiger partial charge in [-0.2, -0.15) is 0 Å². The van der Waals surface area contributed by atoms with Crippen LogP contribution < -0.4 is 0 Å². The van der Waals surface area contributed by atoms with E-state index in [2.05, 4.69) is 33.9 Å². The van der Waals surface area contributed by atoms with Crippen molar-refractivity contribution in [2.45, 2.75) is 20.3 Å². The highest BCUT2D eigenvalue weighted by atomic mass is 79.9. The van der Waals surface area contributed by atoms with Crippen LogP contribution in [0.5, 0.6) is 0 Å². The third-order valence-electron chi connectivity index (χ3n) is 1.39. The van der Waals surface area contributed by atoms with E-state index in [9.17, 15) is 0 Å². The van der Waals surface area contributed by atoms with Gasteiger partial charge in [0.25, 0.3) is 0 Å². The Bertz CT molecular complexity index is 233. The molecule has 0 aliphatic rings. The summed E-state index contributed by atoms with van der Waals surface area (Å²) in [6.07, 6.45) is 2.88. The predicted molar refractivity (Wildman–Crippen MR) is 46.1 cm³/mol. The van der Waals surface area contributed by atoms with Crippen molar-refractivity contribution in [2.24, 2.45) is 0 Å². The predicted octanol–water partition coefficient (Wildman–Crippen LogP) is 2.71. The maximum atomic E-state index is 4.25. The van der Waals surface area contributed by atoms with Gasteiger partial charge in [-0.05, 0) is 40.9 Å². The van der Waals surface area contributed by atoms with E-state index in [0.717, 1.165) is 16.6 Å². The lowest BCUT2D eigenvalue weighted by Gasteiger charge is -1.99. The smallest absolute Gasteiger partial charge is 0.0542 e. The molecule has 0 spiro atoms. The van der Waals surface area contributed by atoms with Crippen molar-refractivity contribution in [3.8, 4) is 0 Å². The van der Waals surface area contributed by atoms with Gasteiger partial charge in [-0.1, -0.05) is 6.92 Å². The molecule has 0 radical (unpaired) electrons. The number of halogens is 1. The van der Waals surface area contributed by atoms with Gasteiger partial charge < -0.3 is 0 Å². The van der Waals surface area contributed by atoms with Gasteiger partial charge >= 0.3 is 0 Å². The van der Waals surface area contributed by atoms with E-state index in [1.165, 1.54) is 5.56 Å². The second kappa shape index (κ2) is 3.15. The second-order valence-electron chi connectivity index (χ2n) is 2.29. The van der Waals surface area contributed by atoms with E-state index in [0.29, 0.717) is 0 Å². The van der Waals surface area contributed by atoms with Crippen LogP contribution in [0.4, 0.5) is 0 Å². The van der Waals surface area contributed by atoms with Crippen LogP contribution in [0.25, 0.3) is 0 Å². The summed E-state index contributed by atoms with van der Waals surface area (Å²) in [5, 5.41) is 0. The van der Waals surface area contributed by atoms with Crippen molar-refractivity contribution < 1.29 is 0 Å². The highest BCUT2D eigenvalue weighted by Crippen LogP contribution is 2.15. The molecule has 0 bridgehead atoms. The highest BCUT2D eigenvalue weighted by molar-refractivity contribution is 9.10. The van der Waals surface area contributed by atoms with Gasteiger partial charge in [-0.3, -0.25) is 4.98 Å². The number of pyridine rings is 1. The molecule has 0 aliphatic heterocycles. The standard InChI is InChI=1S/C8H10BrN/c1-3-8-7(9)4-6(2)5-10-8/h4-5H,3H2,1-2H3. The van der Waals surface area contributed by atoms with E-state index >= 15 is 0 Å². The SMILES string of the molecule is CCc1ncc(C)cc1Br. The number of hydrogen-bond acceptors (Lipinski definition) is 1. The molecule has 0 aliphatic carbocycles. The number of aryl methyl sites for hydroxylation is 2. The van der Waals surface area contributed by atoms with Crippen molar-refractivity contribution in [3.05, 3.63) is 28.0 Å². The van der Waals surface area contributed by atoms with Crippen molar-refractivity contribution in [2.75, 3.05) is 0 Å². The molecule has 0 fully saturated rings. The van der Waals surface area contributed by atoms with Crippen molar-refractivity contribution in [1.82, 2.24) is 4.98 Å². The molecule has 0 amide bonds. The zero-order chi connectivity index (χ0) is 7.56. The van der Waals surface area contributed by atoms with E-state index < -0.39 is 0 Å². The fourth-order valence-electron chi connectivity index (χ4n) is 0.822. The highest BCUT2D eigenvalue weighted by Gasteiger charge is 1.96. The molecule has 0 atom stereocenters. The number of rotatable bonds is 1. The second-order valence-corrected chi connectivity index (χ2v) is 3.15. The summed E-state index contributed by atoms with van der Waals surface area (Å²) >= 11 is 3.44. The minimum absolute atomic E-state index is 0.987. The molecular weight excluding hydrogens is 190 g/mol. The van der Waals surface area contributed by atoms with Crippen LogP contribution in [-0.4, -0.2) is 4.98 Å². The van der Waals surface area contributed by atoms with E-state index in [4.69, 9.17) is 0 Å². The fourth-order valence-corrected chi connectivity index (χ4v) is 1.57. The van der Waals surface area contributed by atoms with Gasteiger partial charge in [-0.25, -0.2) is 0 Å². The molecule has 0 saturated carbocycles. The quantitative estimate of drug-likeness (QED) is 0.679. The van der Waals surface area contributed by atoms with Crippen molar-refractivity contribution in [3.63, 3.8) is 0 Å². The van der Waals surface area contributed by atoms with Gasteiger partial charge in [0.2, 0.25) is 0 Å². The van der Waals surface area contributed by atoms with Gasteiger partial charge in [-0.15, -0.1) is 0 Å². The van der Waals surface area contributed by atoms with E-state index in [1.807, 2.05) is 13.1 Å². The molecule has 54 valence electrons. The third kappa shape index (κ3) is 1.57. The first-order valence-corrected chi connectivity index (χ1v) is 4.14. The van der Waals surface area contributed by atoms with E-state index in [-0.39, 0.29) is 0 Å². The Morgan fingerprint density at radius 2 is 2.30 bits per heavy atom. The van der Waals surface area contributed by atoms with Crippen LogP contribution in [0.15, 0.2) is 16.7 Å². The topological polar surface area (TPSA) is 12.9 Å². The molecule has 0 unspecified atom stereocenters. The molecular formula is C8H10BrN. The average molecular weight is 200 g/mol. The monoisotopic (exact) mass is 199 g/mol. The molecule has 2 heteroatoms. The molecule has 1 aromatic rings. The maximum absolute atomic E-state index is 4.25. The summed E-state index contributed by atoms with van der Waals surface area (Å²) in [5.74, 6) is 0. The molecule has 0 aromatic carbocycles. The van der Waals surface area contributed by atoms with Crippen molar-refractivity contribution >= 4 is 15.9 Å². The molecule has 1 aromatic heterocycles. The average Bonchev–Trinajstić information content (AvgIpc) is 1.88. The third-order valence-corrected chi connectivity index (χ3v) is 2.08. The Morgan fingerprint density at radius 1 is 1.60 bits per heavy atom. The summed E-state index contributed by atoms with van der Waals surface area (Å²) in [7, 11) is 0. The summed E-state index contributed by atoms with van der Waals surface area (Å²) in [6.45, 7) is 4.14. The van der Waals surface area contributed by atoms with Gasteiger partial charge in [0.05, 0.1) is 5.69 Å². The molecule has 1 nitrogen and oxygen atoms in total. The Balaban J connectivity index is 3.07. The first kappa shape index (κ1) is 7.73. The molecule has 0 N–H and O–H groups in total.